The van der Waals surface area contributed by atoms with Gasteiger partial charge in [-0.25, -0.2) is 4.98 Å². The second kappa shape index (κ2) is 7.08. The lowest BCUT2D eigenvalue weighted by Crippen LogP contribution is -2.09. The number of nitrogens with zero attached hydrogens (tertiary/aromatic N) is 1. The van der Waals surface area contributed by atoms with Gasteiger partial charge in [0, 0.05) is 18.3 Å². The molecular formula is C14H13ClF2N2O2. The molecule has 0 aliphatic rings. The Hall–Kier alpha value is -2.08. The first-order chi connectivity index (χ1) is 10.1. The highest BCUT2D eigenvalue weighted by atomic mass is 35.5. The van der Waals surface area contributed by atoms with Crippen LogP contribution in [0.5, 0.6) is 11.5 Å². The molecule has 0 saturated heterocycles. The molecule has 1 aromatic carbocycles. The second-order valence-corrected chi connectivity index (χ2v) is 4.38. The fraction of sp³-hybridized carbons (Fsp3) is 0.214. The minimum atomic E-state index is -2.93. The maximum atomic E-state index is 12.5. The van der Waals surface area contributed by atoms with Crippen LogP contribution in [0.2, 0.25) is 5.15 Å². The van der Waals surface area contributed by atoms with Gasteiger partial charge in [0.15, 0.2) is 16.7 Å². The Morgan fingerprint density at radius 2 is 2.10 bits per heavy atom. The third-order valence-electron chi connectivity index (χ3n) is 2.72. The first-order valence-corrected chi connectivity index (χ1v) is 6.44. The van der Waals surface area contributed by atoms with Crippen LogP contribution >= 0.6 is 11.6 Å². The Kier molecular flexibility index (Phi) is 5.16. The van der Waals surface area contributed by atoms with Crippen LogP contribution in [-0.2, 0) is 6.54 Å². The van der Waals surface area contributed by atoms with Gasteiger partial charge in [-0.1, -0.05) is 23.7 Å². The molecule has 0 spiro atoms. The van der Waals surface area contributed by atoms with Crippen LogP contribution in [0.1, 0.15) is 5.56 Å². The van der Waals surface area contributed by atoms with Crippen LogP contribution in [-0.4, -0.2) is 18.7 Å². The van der Waals surface area contributed by atoms with Gasteiger partial charge in [-0.15, -0.1) is 0 Å². The van der Waals surface area contributed by atoms with Crippen molar-refractivity contribution in [3.8, 4) is 11.5 Å². The fourth-order valence-electron chi connectivity index (χ4n) is 1.79. The maximum Gasteiger partial charge on any atom is 0.387 e. The minimum Gasteiger partial charge on any atom is -0.493 e. The fourth-order valence-corrected chi connectivity index (χ4v) is 1.98. The van der Waals surface area contributed by atoms with E-state index in [9.17, 15) is 8.78 Å². The number of benzene rings is 1. The number of aromatic nitrogens is 1. The standard InChI is InChI=1S/C14H13ClF2N2O2/c1-20-11-6-2-4-9(12(11)21-14(16)17)8-19-10-5-3-7-18-13(10)15/h2-7,14,19H,8H2,1H3. The molecule has 7 heteroatoms. The lowest BCUT2D eigenvalue weighted by atomic mass is 10.2. The number of nitrogens with one attached hydrogen (secondary N) is 1. The molecule has 0 aliphatic carbocycles. The summed E-state index contributed by atoms with van der Waals surface area (Å²) >= 11 is 5.92. The van der Waals surface area contributed by atoms with Crippen molar-refractivity contribution in [2.24, 2.45) is 0 Å². The smallest absolute Gasteiger partial charge is 0.387 e. The molecule has 1 N–H and O–H groups in total. The summed E-state index contributed by atoms with van der Waals surface area (Å²) in [7, 11) is 1.39. The highest BCUT2D eigenvalue weighted by molar-refractivity contribution is 6.31. The first kappa shape index (κ1) is 15.3. The van der Waals surface area contributed by atoms with Gasteiger partial charge in [-0.05, 0) is 18.2 Å². The highest BCUT2D eigenvalue weighted by Gasteiger charge is 2.15. The van der Waals surface area contributed by atoms with Crippen molar-refractivity contribution >= 4 is 17.3 Å². The highest BCUT2D eigenvalue weighted by Crippen LogP contribution is 2.33. The molecule has 0 unspecified atom stereocenters. The number of methoxy groups -OCH3 is 1. The van der Waals surface area contributed by atoms with E-state index in [1.165, 1.54) is 7.11 Å². The number of hydrogen-bond acceptors (Lipinski definition) is 4. The number of hydrogen-bond donors (Lipinski definition) is 1. The molecule has 0 amide bonds. The molecular weight excluding hydrogens is 302 g/mol. The Morgan fingerprint density at radius 1 is 1.29 bits per heavy atom. The van der Waals surface area contributed by atoms with Crippen LogP contribution in [0.25, 0.3) is 0 Å². The van der Waals surface area contributed by atoms with Crippen molar-refractivity contribution in [2.75, 3.05) is 12.4 Å². The topological polar surface area (TPSA) is 43.4 Å². The van der Waals surface area contributed by atoms with E-state index in [4.69, 9.17) is 16.3 Å². The second-order valence-electron chi connectivity index (χ2n) is 4.02. The molecule has 0 fully saturated rings. The lowest BCUT2D eigenvalue weighted by molar-refractivity contribution is -0.0517. The van der Waals surface area contributed by atoms with Crippen LogP contribution in [0.3, 0.4) is 0 Å². The summed E-state index contributed by atoms with van der Waals surface area (Å²) in [5.74, 6) is 0.245. The lowest BCUT2D eigenvalue weighted by Gasteiger charge is -2.15. The van der Waals surface area contributed by atoms with Crippen LogP contribution in [0.4, 0.5) is 14.5 Å². The van der Waals surface area contributed by atoms with Gasteiger partial charge in [0.1, 0.15) is 0 Å². The van der Waals surface area contributed by atoms with Crippen molar-refractivity contribution < 1.29 is 18.3 Å². The van der Waals surface area contributed by atoms with E-state index in [0.29, 0.717) is 16.4 Å². The van der Waals surface area contributed by atoms with E-state index in [1.807, 2.05) is 0 Å². The zero-order valence-corrected chi connectivity index (χ0v) is 11.9. The van der Waals surface area contributed by atoms with Gasteiger partial charge in [0.25, 0.3) is 0 Å². The number of alkyl halides is 2. The molecule has 2 aromatic rings. The number of rotatable bonds is 6. The van der Waals surface area contributed by atoms with Crippen LogP contribution in [0.15, 0.2) is 36.5 Å². The van der Waals surface area contributed by atoms with E-state index in [1.54, 1.807) is 36.5 Å². The molecule has 1 aromatic heterocycles. The van der Waals surface area contributed by atoms with E-state index >= 15 is 0 Å². The summed E-state index contributed by atoms with van der Waals surface area (Å²) in [6, 6.07) is 8.37. The van der Waals surface area contributed by atoms with Gasteiger partial charge in [0.05, 0.1) is 12.8 Å². The normalized spacial score (nSPS) is 10.5. The van der Waals surface area contributed by atoms with E-state index in [2.05, 4.69) is 15.0 Å². The number of anilines is 1. The summed E-state index contributed by atoms with van der Waals surface area (Å²) in [4.78, 5) is 3.92. The SMILES string of the molecule is COc1cccc(CNc2cccnc2Cl)c1OC(F)F. The van der Waals surface area contributed by atoms with Crippen molar-refractivity contribution in [2.45, 2.75) is 13.2 Å². The van der Waals surface area contributed by atoms with Gasteiger partial charge >= 0.3 is 6.61 Å². The molecule has 4 nitrogen and oxygen atoms in total. The molecule has 21 heavy (non-hydrogen) atoms. The molecule has 2 rings (SSSR count). The zero-order chi connectivity index (χ0) is 15.2. The Balaban J connectivity index is 2.21. The minimum absolute atomic E-state index is 0.00233. The Bertz CT molecular complexity index is 611. The average Bonchev–Trinajstić information content (AvgIpc) is 2.47. The summed E-state index contributed by atoms with van der Waals surface area (Å²) < 4.78 is 34.6. The first-order valence-electron chi connectivity index (χ1n) is 6.07. The monoisotopic (exact) mass is 314 g/mol. The third-order valence-corrected chi connectivity index (χ3v) is 3.02. The third kappa shape index (κ3) is 3.95. The predicted molar refractivity (Wildman–Crippen MR) is 76.2 cm³/mol. The predicted octanol–water partition coefficient (Wildman–Crippen LogP) is 3.96. The molecule has 0 aliphatic heterocycles. The van der Waals surface area contributed by atoms with E-state index in [-0.39, 0.29) is 18.0 Å². The van der Waals surface area contributed by atoms with Crippen LogP contribution in [0, 0.1) is 0 Å². The van der Waals surface area contributed by atoms with Crippen molar-refractivity contribution in [3.05, 3.63) is 47.2 Å². The van der Waals surface area contributed by atoms with Crippen molar-refractivity contribution in [1.82, 2.24) is 4.98 Å². The number of para-hydroxylation sites is 1. The van der Waals surface area contributed by atoms with Gasteiger partial charge in [-0.2, -0.15) is 8.78 Å². The molecule has 112 valence electrons. The van der Waals surface area contributed by atoms with Crippen LogP contribution < -0.4 is 14.8 Å². The van der Waals surface area contributed by atoms with E-state index in [0.717, 1.165) is 0 Å². The molecule has 0 atom stereocenters. The van der Waals surface area contributed by atoms with Gasteiger partial charge in [0.2, 0.25) is 0 Å². The Morgan fingerprint density at radius 3 is 2.76 bits per heavy atom. The summed E-state index contributed by atoms with van der Waals surface area (Å²) in [5.41, 5.74) is 1.12. The van der Waals surface area contributed by atoms with E-state index < -0.39 is 6.61 Å². The quantitative estimate of drug-likeness (QED) is 0.820. The summed E-state index contributed by atoms with van der Waals surface area (Å²) in [6.45, 7) is -2.69. The number of ether oxygens (including phenoxy) is 2. The van der Waals surface area contributed by atoms with Gasteiger partial charge < -0.3 is 14.8 Å². The molecule has 0 saturated carbocycles. The average molecular weight is 315 g/mol. The van der Waals surface area contributed by atoms with Crippen molar-refractivity contribution in [1.29, 1.82) is 0 Å². The number of halogens is 3. The zero-order valence-electron chi connectivity index (χ0n) is 11.1. The molecule has 0 radical (unpaired) electrons. The summed E-state index contributed by atoms with van der Waals surface area (Å²) in [6.07, 6.45) is 1.56. The largest absolute Gasteiger partial charge is 0.493 e. The Labute approximate surface area is 125 Å². The molecule has 1 heterocycles. The van der Waals surface area contributed by atoms with Crippen molar-refractivity contribution in [3.63, 3.8) is 0 Å². The number of pyridine rings is 1. The summed E-state index contributed by atoms with van der Waals surface area (Å²) in [5, 5.41) is 3.32. The maximum absolute atomic E-state index is 12.5. The van der Waals surface area contributed by atoms with Gasteiger partial charge in [-0.3, -0.25) is 0 Å². The molecule has 0 bridgehead atoms.